The Bertz CT molecular complexity index is 600. The largest absolute Gasteiger partial charge is 0.464 e. The quantitative estimate of drug-likeness (QED) is 0.721. The number of nitrogens with one attached hydrogen (secondary N) is 1. The molecule has 2 rings (SSSR count). The Kier molecular flexibility index (Phi) is 5.58. The summed E-state index contributed by atoms with van der Waals surface area (Å²) >= 11 is 0. The summed E-state index contributed by atoms with van der Waals surface area (Å²) in [7, 11) is 0. The second kappa shape index (κ2) is 7.87. The van der Waals surface area contributed by atoms with Gasteiger partial charge in [-0.25, -0.2) is 9.48 Å². The number of amides is 1. The van der Waals surface area contributed by atoms with Crippen molar-refractivity contribution in [2.24, 2.45) is 0 Å². The lowest BCUT2D eigenvalue weighted by atomic mass is 10.1. The molecule has 1 atom stereocenters. The lowest BCUT2D eigenvalue weighted by Crippen LogP contribution is -2.44. The minimum atomic E-state index is -0.744. The topological polar surface area (TPSA) is 99.0 Å². The van der Waals surface area contributed by atoms with Gasteiger partial charge in [-0.1, -0.05) is 30.3 Å². The Morgan fingerprint density at radius 2 is 2.09 bits per heavy atom. The number of aromatic nitrogens is 4. The number of nitrogens with zero attached hydrogens (tertiary/aromatic N) is 4. The van der Waals surface area contributed by atoms with Crippen LogP contribution in [0.1, 0.15) is 12.5 Å². The molecule has 1 N–H and O–H groups in total. The SMILES string of the molecule is CCOC(=O)[C@H](Cc1ccccc1)NC(=O)Cn1cnnn1. The molecule has 0 saturated heterocycles. The van der Waals surface area contributed by atoms with Gasteiger partial charge in [-0.2, -0.15) is 0 Å². The zero-order valence-corrected chi connectivity index (χ0v) is 12.2. The van der Waals surface area contributed by atoms with Crippen molar-refractivity contribution in [3.8, 4) is 0 Å². The van der Waals surface area contributed by atoms with E-state index < -0.39 is 12.0 Å². The van der Waals surface area contributed by atoms with Crippen molar-refractivity contribution < 1.29 is 14.3 Å². The molecule has 116 valence electrons. The number of tetrazole rings is 1. The van der Waals surface area contributed by atoms with Gasteiger partial charge in [0.1, 0.15) is 18.9 Å². The van der Waals surface area contributed by atoms with Crippen LogP contribution < -0.4 is 5.32 Å². The van der Waals surface area contributed by atoms with Crippen LogP contribution in [0.25, 0.3) is 0 Å². The number of esters is 1. The molecule has 0 spiro atoms. The van der Waals surface area contributed by atoms with Crippen LogP contribution in [0.3, 0.4) is 0 Å². The third-order valence-corrected chi connectivity index (χ3v) is 2.89. The summed E-state index contributed by atoms with van der Waals surface area (Å²) in [6, 6.07) is 8.67. The first kappa shape index (κ1) is 15.6. The molecule has 1 heterocycles. The van der Waals surface area contributed by atoms with Gasteiger partial charge in [0.25, 0.3) is 0 Å². The fourth-order valence-electron chi connectivity index (χ4n) is 1.93. The maximum atomic E-state index is 12.0. The minimum Gasteiger partial charge on any atom is -0.464 e. The highest BCUT2D eigenvalue weighted by molar-refractivity contribution is 5.84. The maximum absolute atomic E-state index is 12.0. The van der Waals surface area contributed by atoms with Crippen LogP contribution in [0.15, 0.2) is 36.7 Å². The molecule has 1 aromatic heterocycles. The van der Waals surface area contributed by atoms with Crippen LogP contribution in [0, 0.1) is 0 Å². The molecule has 0 bridgehead atoms. The summed E-state index contributed by atoms with van der Waals surface area (Å²) in [5, 5.41) is 13.2. The van der Waals surface area contributed by atoms with E-state index in [0.29, 0.717) is 6.42 Å². The van der Waals surface area contributed by atoms with Crippen molar-refractivity contribution >= 4 is 11.9 Å². The van der Waals surface area contributed by atoms with E-state index in [1.54, 1.807) is 6.92 Å². The Morgan fingerprint density at radius 3 is 2.73 bits per heavy atom. The second-order valence-corrected chi connectivity index (χ2v) is 4.57. The van der Waals surface area contributed by atoms with E-state index in [1.165, 1.54) is 11.0 Å². The number of carbonyl (C=O) groups excluding carboxylic acids is 2. The molecule has 1 amide bonds. The molecule has 1 aromatic carbocycles. The van der Waals surface area contributed by atoms with Gasteiger partial charge < -0.3 is 10.1 Å². The molecule has 8 nitrogen and oxygen atoms in total. The molecule has 22 heavy (non-hydrogen) atoms. The Morgan fingerprint density at radius 1 is 1.32 bits per heavy atom. The summed E-state index contributed by atoms with van der Waals surface area (Å²) < 4.78 is 6.29. The molecule has 0 fully saturated rings. The van der Waals surface area contributed by atoms with Gasteiger partial charge in [0.2, 0.25) is 5.91 Å². The molecule has 0 radical (unpaired) electrons. The van der Waals surface area contributed by atoms with E-state index in [0.717, 1.165) is 5.56 Å². The van der Waals surface area contributed by atoms with Crippen LogP contribution in [0.4, 0.5) is 0 Å². The van der Waals surface area contributed by atoms with E-state index in [9.17, 15) is 9.59 Å². The predicted octanol–water partition coefficient (Wildman–Crippen LogP) is -0.0363. The molecular weight excluding hydrogens is 286 g/mol. The standard InChI is InChI=1S/C14H17N5O3/c1-2-22-14(21)12(8-11-6-4-3-5-7-11)16-13(20)9-19-10-15-17-18-19/h3-7,10,12H,2,8-9H2,1H3,(H,16,20)/t12-/m0/s1. The van der Waals surface area contributed by atoms with Crippen molar-refractivity contribution in [1.29, 1.82) is 0 Å². The fourth-order valence-corrected chi connectivity index (χ4v) is 1.93. The van der Waals surface area contributed by atoms with Crippen molar-refractivity contribution in [1.82, 2.24) is 25.5 Å². The minimum absolute atomic E-state index is 0.0578. The monoisotopic (exact) mass is 303 g/mol. The van der Waals surface area contributed by atoms with Gasteiger partial charge >= 0.3 is 5.97 Å². The molecule has 0 aliphatic rings. The second-order valence-electron chi connectivity index (χ2n) is 4.57. The van der Waals surface area contributed by atoms with Gasteiger partial charge in [0, 0.05) is 6.42 Å². The van der Waals surface area contributed by atoms with Gasteiger partial charge in [-0.15, -0.1) is 5.10 Å². The molecule has 8 heteroatoms. The maximum Gasteiger partial charge on any atom is 0.328 e. The lowest BCUT2D eigenvalue weighted by Gasteiger charge is -2.17. The molecular formula is C14H17N5O3. The van der Waals surface area contributed by atoms with Crippen LogP contribution in [0.5, 0.6) is 0 Å². The summed E-state index contributed by atoms with van der Waals surface area (Å²) in [5.41, 5.74) is 0.934. The van der Waals surface area contributed by atoms with Crippen LogP contribution in [0.2, 0.25) is 0 Å². The zero-order valence-electron chi connectivity index (χ0n) is 12.2. The van der Waals surface area contributed by atoms with E-state index in [1.807, 2.05) is 30.3 Å². The average molecular weight is 303 g/mol. The van der Waals surface area contributed by atoms with E-state index in [-0.39, 0.29) is 19.1 Å². The van der Waals surface area contributed by atoms with Gasteiger partial charge in [-0.3, -0.25) is 4.79 Å². The summed E-state index contributed by atoms with van der Waals surface area (Å²) in [6.07, 6.45) is 1.69. The number of benzene rings is 1. The highest BCUT2D eigenvalue weighted by Gasteiger charge is 2.22. The third kappa shape index (κ3) is 4.65. The molecule has 2 aromatic rings. The van der Waals surface area contributed by atoms with Crippen LogP contribution >= 0.6 is 0 Å². The van der Waals surface area contributed by atoms with Crippen molar-refractivity contribution in [3.63, 3.8) is 0 Å². The molecule has 0 aliphatic carbocycles. The number of carbonyl (C=O) groups is 2. The molecule has 0 unspecified atom stereocenters. The molecule has 0 saturated carbocycles. The summed E-state index contributed by atoms with van der Waals surface area (Å²) in [6.45, 7) is 1.92. The Balaban J connectivity index is 2.00. The van der Waals surface area contributed by atoms with Gasteiger partial charge in [-0.05, 0) is 22.9 Å². The first-order chi connectivity index (χ1) is 10.7. The number of hydrogen-bond acceptors (Lipinski definition) is 6. The fraction of sp³-hybridized carbons (Fsp3) is 0.357. The number of hydrogen-bond donors (Lipinski definition) is 1. The smallest absolute Gasteiger partial charge is 0.328 e. The van der Waals surface area contributed by atoms with Crippen LogP contribution in [-0.4, -0.2) is 44.7 Å². The average Bonchev–Trinajstić information content (AvgIpc) is 3.00. The first-order valence-corrected chi connectivity index (χ1v) is 6.89. The highest BCUT2D eigenvalue weighted by atomic mass is 16.5. The molecule has 0 aliphatic heterocycles. The first-order valence-electron chi connectivity index (χ1n) is 6.89. The number of ether oxygens (including phenoxy) is 1. The highest BCUT2D eigenvalue weighted by Crippen LogP contribution is 2.05. The van der Waals surface area contributed by atoms with E-state index in [2.05, 4.69) is 20.8 Å². The number of rotatable bonds is 7. The van der Waals surface area contributed by atoms with Gasteiger partial charge in [0.15, 0.2) is 0 Å². The van der Waals surface area contributed by atoms with Crippen molar-refractivity contribution in [2.45, 2.75) is 25.9 Å². The normalized spacial score (nSPS) is 11.7. The summed E-state index contributed by atoms with van der Waals surface area (Å²) in [5.74, 6) is -0.822. The lowest BCUT2D eigenvalue weighted by molar-refractivity contribution is -0.147. The third-order valence-electron chi connectivity index (χ3n) is 2.89. The Labute approximate surface area is 127 Å². The predicted molar refractivity (Wildman–Crippen MR) is 76.5 cm³/mol. The van der Waals surface area contributed by atoms with Crippen molar-refractivity contribution in [2.75, 3.05) is 6.61 Å². The van der Waals surface area contributed by atoms with Crippen molar-refractivity contribution in [3.05, 3.63) is 42.2 Å². The van der Waals surface area contributed by atoms with E-state index >= 15 is 0 Å². The van der Waals surface area contributed by atoms with Crippen LogP contribution in [-0.2, 0) is 27.3 Å². The zero-order chi connectivity index (χ0) is 15.8. The van der Waals surface area contributed by atoms with Gasteiger partial charge in [0.05, 0.1) is 6.61 Å². The Hall–Kier alpha value is -2.77. The van der Waals surface area contributed by atoms with E-state index in [4.69, 9.17) is 4.74 Å². The summed E-state index contributed by atoms with van der Waals surface area (Å²) in [4.78, 5) is 24.0.